The number of hydrogen-bond acceptors (Lipinski definition) is 6. The van der Waals surface area contributed by atoms with Crippen LogP contribution in [0.15, 0.2) is 64.4 Å². The number of carbonyl (C=O) groups is 3. The molecule has 1 aromatic carbocycles. The van der Waals surface area contributed by atoms with Crippen LogP contribution in [-0.2, 0) is 25.2 Å². The van der Waals surface area contributed by atoms with Gasteiger partial charge in [-0.15, -0.1) is 0 Å². The van der Waals surface area contributed by atoms with Crippen molar-refractivity contribution in [3.63, 3.8) is 0 Å². The Labute approximate surface area is 186 Å². The van der Waals surface area contributed by atoms with Crippen LogP contribution in [0.3, 0.4) is 0 Å². The lowest BCUT2D eigenvalue weighted by Crippen LogP contribution is -2.47. The fourth-order valence-electron chi connectivity index (χ4n) is 3.02. The smallest absolute Gasteiger partial charge is 0.416 e. The summed E-state index contributed by atoms with van der Waals surface area (Å²) in [7, 11) is 0. The molecule has 1 atom stereocenters. The number of esters is 2. The fourth-order valence-corrected chi connectivity index (χ4v) is 3.02. The lowest BCUT2D eigenvalue weighted by atomic mass is 10.0. The zero-order valence-electron chi connectivity index (χ0n) is 17.3. The minimum absolute atomic E-state index is 0.0129. The molecular weight excluding hydrogens is 445 g/mol. The fraction of sp³-hybridized carbons (Fsp3) is 0.227. The lowest BCUT2D eigenvalue weighted by molar-refractivity contribution is -0.140. The molecule has 2 N–H and O–H groups in total. The van der Waals surface area contributed by atoms with Crippen molar-refractivity contribution in [2.24, 2.45) is 0 Å². The Balaban J connectivity index is 1.77. The summed E-state index contributed by atoms with van der Waals surface area (Å²) in [5.74, 6) is -1.39. The van der Waals surface area contributed by atoms with E-state index in [1.54, 1.807) is 19.1 Å². The average Bonchev–Trinajstić information content (AvgIpc) is 3.30. The van der Waals surface area contributed by atoms with Crippen LogP contribution >= 0.6 is 0 Å². The molecule has 1 aromatic heterocycles. The third-order valence-electron chi connectivity index (χ3n) is 4.46. The van der Waals surface area contributed by atoms with Crippen molar-refractivity contribution >= 4 is 24.0 Å². The first-order valence-corrected chi connectivity index (χ1v) is 9.72. The van der Waals surface area contributed by atoms with Crippen LogP contribution in [0.25, 0.3) is 6.08 Å². The zero-order valence-corrected chi connectivity index (χ0v) is 17.3. The summed E-state index contributed by atoms with van der Waals surface area (Å²) in [5.41, 5.74) is -0.745. The van der Waals surface area contributed by atoms with Crippen molar-refractivity contribution in [3.8, 4) is 0 Å². The molecule has 1 unspecified atom stereocenters. The van der Waals surface area contributed by atoms with Gasteiger partial charge < -0.3 is 24.5 Å². The van der Waals surface area contributed by atoms with Crippen molar-refractivity contribution in [1.29, 1.82) is 0 Å². The molecule has 0 radical (unpaired) electrons. The number of furan rings is 1. The van der Waals surface area contributed by atoms with Gasteiger partial charge in [-0.05, 0) is 42.8 Å². The summed E-state index contributed by atoms with van der Waals surface area (Å²) in [5, 5.41) is 4.95. The molecule has 11 heteroatoms. The highest BCUT2D eigenvalue weighted by Crippen LogP contribution is 2.30. The summed E-state index contributed by atoms with van der Waals surface area (Å²) in [6, 6.07) is 5.89. The van der Waals surface area contributed by atoms with Gasteiger partial charge in [0.05, 0.1) is 29.7 Å². The lowest BCUT2D eigenvalue weighted by Gasteiger charge is -2.27. The number of nitrogens with one attached hydrogen (secondary N) is 2. The first-order chi connectivity index (χ1) is 15.7. The van der Waals surface area contributed by atoms with Crippen LogP contribution in [-0.4, -0.2) is 31.2 Å². The molecule has 0 spiro atoms. The van der Waals surface area contributed by atoms with E-state index in [0.717, 1.165) is 24.3 Å². The monoisotopic (exact) mass is 464 g/mol. The van der Waals surface area contributed by atoms with E-state index in [2.05, 4.69) is 10.6 Å². The molecule has 174 valence electrons. The number of benzene rings is 1. The van der Waals surface area contributed by atoms with Gasteiger partial charge in [0.15, 0.2) is 0 Å². The Kier molecular flexibility index (Phi) is 7.21. The number of carbonyl (C=O) groups excluding carboxylic acids is 3. The highest BCUT2D eigenvalue weighted by molar-refractivity contribution is 5.95. The van der Waals surface area contributed by atoms with Crippen LogP contribution in [0.4, 0.5) is 18.0 Å². The molecule has 0 saturated heterocycles. The molecule has 0 fully saturated rings. The number of alkyl halides is 3. The summed E-state index contributed by atoms with van der Waals surface area (Å²) in [6.45, 7) is 1.17. The zero-order chi connectivity index (χ0) is 24.0. The summed E-state index contributed by atoms with van der Waals surface area (Å²) in [6.07, 6.45) is -1.06. The van der Waals surface area contributed by atoms with Crippen LogP contribution < -0.4 is 10.6 Å². The van der Waals surface area contributed by atoms with Gasteiger partial charge in [-0.1, -0.05) is 12.1 Å². The summed E-state index contributed by atoms with van der Waals surface area (Å²) in [4.78, 5) is 36.7. The third-order valence-corrected chi connectivity index (χ3v) is 4.46. The van der Waals surface area contributed by atoms with E-state index in [-0.39, 0.29) is 29.2 Å². The Bertz CT molecular complexity index is 1090. The van der Waals surface area contributed by atoms with Crippen LogP contribution in [0.5, 0.6) is 0 Å². The average molecular weight is 464 g/mol. The van der Waals surface area contributed by atoms with Crippen LogP contribution in [0.2, 0.25) is 0 Å². The highest BCUT2D eigenvalue weighted by Gasteiger charge is 2.35. The normalized spacial score (nSPS) is 16.4. The third kappa shape index (κ3) is 6.03. The Hall–Kier alpha value is -4.02. The molecule has 0 aliphatic carbocycles. The second kappa shape index (κ2) is 10.1. The number of hydrogen-bond donors (Lipinski definition) is 2. The van der Waals surface area contributed by atoms with E-state index in [9.17, 15) is 27.6 Å². The minimum Gasteiger partial charge on any atom is -0.467 e. The second-order valence-corrected chi connectivity index (χ2v) is 6.72. The van der Waals surface area contributed by atoms with Gasteiger partial charge in [0.25, 0.3) is 0 Å². The number of rotatable bonds is 7. The molecular formula is C22H19F3N2O6. The quantitative estimate of drug-likeness (QED) is 0.478. The highest BCUT2D eigenvalue weighted by atomic mass is 19.4. The molecule has 0 saturated carbocycles. The number of urea groups is 1. The molecule has 1 aliphatic rings. The molecule has 2 amide bonds. The van der Waals surface area contributed by atoms with E-state index >= 15 is 0 Å². The summed E-state index contributed by atoms with van der Waals surface area (Å²) < 4.78 is 53.9. The molecule has 2 heterocycles. The molecule has 8 nitrogen and oxygen atoms in total. The number of ether oxygens (including phenoxy) is 2. The summed E-state index contributed by atoms with van der Waals surface area (Å²) >= 11 is 0. The Morgan fingerprint density at radius 1 is 1.18 bits per heavy atom. The maximum Gasteiger partial charge on any atom is 0.416 e. The van der Waals surface area contributed by atoms with Crippen LogP contribution in [0, 0.1) is 0 Å². The van der Waals surface area contributed by atoms with Gasteiger partial charge >= 0.3 is 24.1 Å². The van der Waals surface area contributed by atoms with Crippen molar-refractivity contribution in [2.45, 2.75) is 19.1 Å². The van der Waals surface area contributed by atoms with E-state index in [4.69, 9.17) is 13.9 Å². The van der Waals surface area contributed by atoms with Gasteiger partial charge in [-0.25, -0.2) is 14.4 Å². The van der Waals surface area contributed by atoms with E-state index in [0.29, 0.717) is 0 Å². The van der Waals surface area contributed by atoms with Crippen molar-refractivity contribution in [3.05, 3.63) is 76.9 Å². The molecule has 1 aliphatic heterocycles. The van der Waals surface area contributed by atoms with E-state index in [1.165, 1.54) is 18.4 Å². The maximum atomic E-state index is 12.8. The van der Waals surface area contributed by atoms with Crippen molar-refractivity contribution < 1.29 is 41.4 Å². The van der Waals surface area contributed by atoms with E-state index in [1.807, 2.05) is 0 Å². The molecule has 3 rings (SSSR count). The molecule has 0 bridgehead atoms. The Morgan fingerprint density at radius 2 is 1.97 bits per heavy atom. The van der Waals surface area contributed by atoms with Gasteiger partial charge in [-0.3, -0.25) is 0 Å². The minimum atomic E-state index is -4.52. The molecule has 33 heavy (non-hydrogen) atoms. The van der Waals surface area contributed by atoms with Crippen molar-refractivity contribution in [2.75, 3.05) is 13.2 Å². The standard InChI is InChI=1S/C22H19F3N2O6/c1-2-31-20(29)18-15(26-21(30)27-19(18)16-7-4-10-32-16)12-33-17(28)9-8-13-5-3-6-14(11-13)22(23,24)25/h3-11,19H,2,12H2,1H3,(H2,26,27,30)/b9-8+. The predicted octanol–water partition coefficient (Wildman–Crippen LogP) is 3.73. The Morgan fingerprint density at radius 3 is 2.64 bits per heavy atom. The van der Waals surface area contributed by atoms with Gasteiger partial charge in [0, 0.05) is 6.08 Å². The molecule has 2 aromatic rings. The van der Waals surface area contributed by atoms with Gasteiger partial charge in [-0.2, -0.15) is 13.2 Å². The number of amides is 2. The SMILES string of the molecule is CCOC(=O)C1=C(COC(=O)/C=C/c2cccc(C(F)(F)F)c2)NC(=O)NC1c1ccco1. The van der Waals surface area contributed by atoms with Crippen LogP contribution in [0.1, 0.15) is 29.9 Å². The first kappa shape index (κ1) is 23.6. The maximum absolute atomic E-state index is 12.8. The van der Waals surface area contributed by atoms with Gasteiger partial charge in [0.1, 0.15) is 18.4 Å². The second-order valence-electron chi connectivity index (χ2n) is 6.72. The van der Waals surface area contributed by atoms with E-state index < -0.39 is 42.4 Å². The van der Waals surface area contributed by atoms with Crippen molar-refractivity contribution in [1.82, 2.24) is 10.6 Å². The number of halogens is 3. The topological polar surface area (TPSA) is 107 Å². The van der Waals surface area contributed by atoms with Gasteiger partial charge in [0.2, 0.25) is 0 Å². The largest absolute Gasteiger partial charge is 0.467 e. The predicted molar refractivity (Wildman–Crippen MR) is 108 cm³/mol. The first-order valence-electron chi connectivity index (χ1n) is 9.72.